The second kappa shape index (κ2) is 7.95. The Kier molecular flexibility index (Phi) is 5.92. The topological polar surface area (TPSA) is 52.6 Å². The van der Waals surface area contributed by atoms with Gasteiger partial charge in [-0.2, -0.15) is 0 Å². The van der Waals surface area contributed by atoms with Crippen molar-refractivity contribution in [2.75, 3.05) is 32.7 Å². The van der Waals surface area contributed by atoms with Gasteiger partial charge in [-0.15, -0.1) is 0 Å². The third-order valence-electron chi connectivity index (χ3n) is 5.41. The fourth-order valence-electron chi connectivity index (χ4n) is 3.96. The smallest absolute Gasteiger partial charge is 0.240 e. The van der Waals surface area contributed by atoms with Gasteiger partial charge >= 0.3 is 0 Å². The van der Waals surface area contributed by atoms with Crippen molar-refractivity contribution in [2.45, 2.75) is 49.6 Å². The van der Waals surface area contributed by atoms with Crippen molar-refractivity contribution < 1.29 is 8.42 Å². The predicted molar refractivity (Wildman–Crippen MR) is 96.5 cm³/mol. The van der Waals surface area contributed by atoms with Crippen LogP contribution >= 0.6 is 0 Å². The van der Waals surface area contributed by atoms with E-state index < -0.39 is 10.0 Å². The highest BCUT2D eigenvalue weighted by Gasteiger charge is 2.34. The summed E-state index contributed by atoms with van der Waals surface area (Å²) in [5, 5.41) is 0. The molecule has 1 aromatic carbocycles. The summed E-state index contributed by atoms with van der Waals surface area (Å²) < 4.78 is 28.4. The molecule has 2 aliphatic rings. The van der Waals surface area contributed by atoms with Crippen molar-refractivity contribution in [1.29, 1.82) is 0 Å². The van der Waals surface area contributed by atoms with Crippen molar-refractivity contribution in [1.82, 2.24) is 14.5 Å². The first kappa shape index (κ1) is 17.9. The first-order valence-electron chi connectivity index (χ1n) is 9.14. The molecule has 134 valence electrons. The normalized spacial score (nSPS) is 27.2. The minimum absolute atomic E-state index is 0.0251. The summed E-state index contributed by atoms with van der Waals surface area (Å²) in [4.78, 5) is 5.33. The van der Waals surface area contributed by atoms with Gasteiger partial charge in [-0.1, -0.05) is 38.0 Å². The van der Waals surface area contributed by atoms with Crippen LogP contribution in [0.1, 0.15) is 32.6 Å². The minimum Gasteiger partial charge on any atom is -0.301 e. The SMILES string of the molecule is CCN1CCN([C@H]2CCCC[C@@H]2NS(=O)(=O)c2ccccc2)CC1. The number of hydrogen-bond acceptors (Lipinski definition) is 4. The second-order valence-electron chi connectivity index (χ2n) is 6.86. The van der Waals surface area contributed by atoms with E-state index in [0.717, 1.165) is 52.0 Å². The summed E-state index contributed by atoms with van der Waals surface area (Å²) in [5.41, 5.74) is 0. The van der Waals surface area contributed by atoms with Crippen molar-refractivity contribution in [3.63, 3.8) is 0 Å². The number of likely N-dealkylation sites (N-methyl/N-ethyl adjacent to an activating group) is 1. The standard InChI is InChI=1S/C18H29N3O2S/c1-2-20-12-14-21(15-13-20)18-11-7-6-10-17(18)19-24(22,23)16-8-4-3-5-9-16/h3-5,8-9,17-19H,2,6-7,10-15H2,1H3/t17-,18-/m0/s1. The summed E-state index contributed by atoms with van der Waals surface area (Å²) in [5.74, 6) is 0. The predicted octanol–water partition coefficient (Wildman–Crippen LogP) is 1.91. The molecule has 6 heteroatoms. The van der Waals surface area contributed by atoms with Crippen LogP contribution in [-0.4, -0.2) is 63.0 Å². The molecule has 0 bridgehead atoms. The lowest BCUT2D eigenvalue weighted by molar-refractivity contribution is 0.0685. The molecule has 0 unspecified atom stereocenters. The van der Waals surface area contributed by atoms with Crippen LogP contribution in [0, 0.1) is 0 Å². The third kappa shape index (κ3) is 4.17. The molecule has 2 atom stereocenters. The van der Waals surface area contributed by atoms with Crippen molar-refractivity contribution in [2.24, 2.45) is 0 Å². The highest BCUT2D eigenvalue weighted by atomic mass is 32.2. The lowest BCUT2D eigenvalue weighted by Gasteiger charge is -2.44. The monoisotopic (exact) mass is 351 g/mol. The largest absolute Gasteiger partial charge is 0.301 e. The molecular formula is C18H29N3O2S. The number of nitrogens with zero attached hydrogens (tertiary/aromatic N) is 2. The number of rotatable bonds is 5. The summed E-state index contributed by atoms with van der Waals surface area (Å²) in [6.07, 6.45) is 4.33. The van der Waals surface area contributed by atoms with Crippen molar-refractivity contribution in [3.05, 3.63) is 30.3 Å². The molecule has 0 amide bonds. The fourth-order valence-corrected chi connectivity index (χ4v) is 5.29. The Balaban J connectivity index is 1.69. The van der Waals surface area contributed by atoms with E-state index in [1.165, 1.54) is 6.42 Å². The quantitative estimate of drug-likeness (QED) is 0.880. The molecule has 24 heavy (non-hydrogen) atoms. The van der Waals surface area contributed by atoms with Crippen LogP contribution in [0.3, 0.4) is 0 Å². The lowest BCUT2D eigenvalue weighted by atomic mass is 9.89. The molecule has 5 nitrogen and oxygen atoms in total. The zero-order valence-electron chi connectivity index (χ0n) is 14.5. The average molecular weight is 352 g/mol. The summed E-state index contributed by atoms with van der Waals surface area (Å²) in [6.45, 7) is 7.57. The lowest BCUT2D eigenvalue weighted by Crippen LogP contribution is -2.58. The van der Waals surface area contributed by atoms with E-state index in [2.05, 4.69) is 21.4 Å². The van der Waals surface area contributed by atoms with Crippen molar-refractivity contribution >= 4 is 10.0 Å². The number of nitrogens with one attached hydrogen (secondary N) is 1. The highest BCUT2D eigenvalue weighted by Crippen LogP contribution is 2.25. The van der Waals surface area contributed by atoms with Crippen LogP contribution in [-0.2, 0) is 10.0 Å². The molecule has 3 rings (SSSR count). The van der Waals surface area contributed by atoms with E-state index in [9.17, 15) is 8.42 Å². The van der Waals surface area contributed by atoms with Gasteiger partial charge in [0.2, 0.25) is 10.0 Å². The van der Waals surface area contributed by atoms with Gasteiger partial charge in [0.15, 0.2) is 0 Å². The average Bonchev–Trinajstić information content (AvgIpc) is 2.63. The summed E-state index contributed by atoms with van der Waals surface area (Å²) in [7, 11) is -3.43. The van der Waals surface area contributed by atoms with Crippen LogP contribution in [0.4, 0.5) is 0 Å². The van der Waals surface area contributed by atoms with Crippen LogP contribution in [0.15, 0.2) is 35.2 Å². The van der Waals surface area contributed by atoms with Crippen LogP contribution < -0.4 is 4.72 Å². The zero-order chi connectivity index (χ0) is 17.0. The molecule has 2 fully saturated rings. The maximum atomic E-state index is 12.7. The van der Waals surface area contributed by atoms with Gasteiger partial charge < -0.3 is 4.90 Å². The number of sulfonamides is 1. The van der Waals surface area contributed by atoms with Gasteiger partial charge in [0.25, 0.3) is 0 Å². The van der Waals surface area contributed by atoms with Gasteiger partial charge in [-0.25, -0.2) is 13.1 Å². The van der Waals surface area contributed by atoms with E-state index in [1.54, 1.807) is 24.3 Å². The Morgan fingerprint density at radius 3 is 2.38 bits per heavy atom. The van der Waals surface area contributed by atoms with E-state index in [0.29, 0.717) is 10.9 Å². The number of benzene rings is 1. The maximum absolute atomic E-state index is 12.7. The fraction of sp³-hybridized carbons (Fsp3) is 0.667. The molecule has 1 aliphatic heterocycles. The first-order chi connectivity index (χ1) is 11.6. The molecule has 1 N–H and O–H groups in total. The number of piperazine rings is 1. The Labute approximate surface area is 146 Å². The van der Waals surface area contributed by atoms with Gasteiger partial charge in [-0.3, -0.25) is 4.90 Å². The van der Waals surface area contributed by atoms with E-state index in [4.69, 9.17) is 0 Å². The number of hydrogen-bond donors (Lipinski definition) is 1. The van der Waals surface area contributed by atoms with E-state index >= 15 is 0 Å². The van der Waals surface area contributed by atoms with Crippen LogP contribution in [0.2, 0.25) is 0 Å². The molecule has 0 spiro atoms. The van der Waals surface area contributed by atoms with Crippen LogP contribution in [0.5, 0.6) is 0 Å². The Morgan fingerprint density at radius 2 is 1.71 bits per heavy atom. The second-order valence-corrected chi connectivity index (χ2v) is 8.58. The molecule has 1 saturated carbocycles. The molecular weight excluding hydrogens is 322 g/mol. The molecule has 1 heterocycles. The third-order valence-corrected chi connectivity index (χ3v) is 6.92. The zero-order valence-corrected chi connectivity index (χ0v) is 15.3. The Bertz CT molecular complexity index is 612. The highest BCUT2D eigenvalue weighted by molar-refractivity contribution is 7.89. The summed E-state index contributed by atoms with van der Waals surface area (Å²) >= 11 is 0. The van der Waals surface area contributed by atoms with Gasteiger partial charge in [0, 0.05) is 38.3 Å². The molecule has 0 aromatic heterocycles. The van der Waals surface area contributed by atoms with Crippen molar-refractivity contribution in [3.8, 4) is 0 Å². The Hall–Kier alpha value is -0.950. The van der Waals surface area contributed by atoms with E-state index in [1.807, 2.05) is 6.07 Å². The Morgan fingerprint density at radius 1 is 1.04 bits per heavy atom. The van der Waals surface area contributed by atoms with Gasteiger partial charge in [0.05, 0.1) is 4.90 Å². The first-order valence-corrected chi connectivity index (χ1v) is 10.6. The van der Waals surface area contributed by atoms with E-state index in [-0.39, 0.29) is 6.04 Å². The molecule has 0 radical (unpaired) electrons. The summed E-state index contributed by atoms with van der Waals surface area (Å²) in [6, 6.07) is 9.08. The molecule has 1 aromatic rings. The van der Waals surface area contributed by atoms with Gasteiger partial charge in [0.1, 0.15) is 0 Å². The van der Waals surface area contributed by atoms with Gasteiger partial charge in [-0.05, 0) is 31.5 Å². The maximum Gasteiger partial charge on any atom is 0.240 e. The van der Waals surface area contributed by atoms with Crippen LogP contribution in [0.25, 0.3) is 0 Å². The minimum atomic E-state index is -3.43. The molecule has 1 saturated heterocycles. The molecule has 1 aliphatic carbocycles.